The molecular weight excluding hydrogens is 425 g/mol. The molecule has 0 spiro atoms. The molecule has 29 heavy (non-hydrogen) atoms. The van der Waals surface area contributed by atoms with Gasteiger partial charge in [-0.1, -0.05) is 0 Å². The number of rotatable bonds is 11. The predicted octanol–water partition coefficient (Wildman–Crippen LogP) is 6.21. The topological polar surface area (TPSA) is 43.1 Å². The molecule has 0 saturated heterocycles. The summed E-state index contributed by atoms with van der Waals surface area (Å²) in [5.41, 5.74) is 5.88. The molecular formula is C25H31NO2Se. The van der Waals surface area contributed by atoms with Crippen molar-refractivity contribution in [1.29, 1.82) is 0 Å². The average molecular weight is 456 g/mol. The number of allylic oxidation sites excluding steroid dienone is 4. The van der Waals surface area contributed by atoms with E-state index in [1.807, 2.05) is 12.1 Å². The number of nitro benzene ring substituents is 1. The Balaban J connectivity index is 1.89. The van der Waals surface area contributed by atoms with Crippen molar-refractivity contribution in [2.24, 2.45) is 0 Å². The van der Waals surface area contributed by atoms with Crippen molar-refractivity contribution < 1.29 is 4.92 Å². The summed E-state index contributed by atoms with van der Waals surface area (Å²) in [5, 5.41) is 12.2. The first-order valence-corrected chi connectivity index (χ1v) is 12.3. The molecule has 0 heterocycles. The maximum absolute atomic E-state index is 11.2. The van der Waals surface area contributed by atoms with Gasteiger partial charge in [0.25, 0.3) is 0 Å². The van der Waals surface area contributed by atoms with Crippen molar-refractivity contribution in [2.75, 3.05) is 0 Å². The summed E-state index contributed by atoms with van der Waals surface area (Å²) in [7, 11) is 0. The number of nitro groups is 1. The van der Waals surface area contributed by atoms with Gasteiger partial charge in [0.15, 0.2) is 0 Å². The first-order chi connectivity index (χ1) is 14.0. The van der Waals surface area contributed by atoms with Crippen LogP contribution in [0.25, 0.3) is 0 Å². The van der Waals surface area contributed by atoms with E-state index in [9.17, 15) is 10.1 Å². The Bertz CT molecular complexity index is 867. The summed E-state index contributed by atoms with van der Waals surface area (Å²) in [5.74, 6) is 0. The van der Waals surface area contributed by atoms with Crippen molar-refractivity contribution in [3.8, 4) is 0 Å². The zero-order chi connectivity index (χ0) is 21.1. The summed E-state index contributed by atoms with van der Waals surface area (Å²) in [6.07, 6.45) is 10.0. The molecule has 3 nitrogen and oxygen atoms in total. The molecule has 0 aromatic heterocycles. The van der Waals surface area contributed by atoms with Crippen molar-refractivity contribution in [3.63, 3.8) is 0 Å². The molecule has 0 bridgehead atoms. The molecule has 0 aliphatic heterocycles. The third-order valence-electron chi connectivity index (χ3n) is 4.81. The summed E-state index contributed by atoms with van der Waals surface area (Å²) >= 11 is 0.109. The first-order valence-electron chi connectivity index (χ1n) is 10.2. The normalized spacial score (nSPS) is 11.3. The van der Waals surface area contributed by atoms with E-state index in [2.05, 4.69) is 57.2 Å². The Kier molecular flexibility index (Phi) is 9.90. The number of aryl methyl sites for hydroxylation is 2. The number of para-hydroxylation sites is 1. The molecule has 4 heteroatoms. The van der Waals surface area contributed by atoms with E-state index in [1.54, 1.807) is 12.1 Å². The molecule has 0 amide bonds. The zero-order valence-electron chi connectivity index (χ0n) is 17.7. The van der Waals surface area contributed by atoms with E-state index in [-0.39, 0.29) is 25.6 Å². The van der Waals surface area contributed by atoms with Crippen molar-refractivity contribution in [3.05, 3.63) is 93.1 Å². The Morgan fingerprint density at radius 2 is 1.59 bits per heavy atom. The van der Waals surface area contributed by atoms with Gasteiger partial charge in [-0.05, 0) is 13.8 Å². The Labute approximate surface area is 181 Å². The second-order valence-electron chi connectivity index (χ2n) is 7.50. The monoisotopic (exact) mass is 457 g/mol. The molecule has 2 aromatic carbocycles. The van der Waals surface area contributed by atoms with Crippen molar-refractivity contribution in [1.82, 2.24) is 0 Å². The van der Waals surface area contributed by atoms with Gasteiger partial charge in [-0.2, -0.15) is 0 Å². The fourth-order valence-electron chi connectivity index (χ4n) is 3.21. The van der Waals surface area contributed by atoms with E-state index in [0.29, 0.717) is 0 Å². The van der Waals surface area contributed by atoms with Gasteiger partial charge < -0.3 is 0 Å². The van der Waals surface area contributed by atoms with Crippen LogP contribution in [-0.4, -0.2) is 19.9 Å². The fraction of sp³-hybridized carbons (Fsp3) is 0.360. The molecule has 0 fully saturated rings. The van der Waals surface area contributed by atoms with Crippen LogP contribution in [-0.2, 0) is 12.8 Å². The Morgan fingerprint density at radius 3 is 2.28 bits per heavy atom. The summed E-state index contributed by atoms with van der Waals surface area (Å²) < 4.78 is 0.886. The van der Waals surface area contributed by atoms with E-state index in [4.69, 9.17) is 0 Å². The second kappa shape index (κ2) is 12.4. The number of hydrogen-bond acceptors (Lipinski definition) is 2. The molecule has 0 N–H and O–H groups in total. The maximum atomic E-state index is 11.2. The standard InChI is InChI=1S/C25H31NO2Se/c1-20(2)10-8-11-21(3)12-9-15-22-13-4-5-14-23(22)18-19-29-25-17-7-6-16-24(25)26(27)28/h4-7,10,12-14,16-17H,8-9,11,15,18-19H2,1-3H3/b21-12+. The van der Waals surface area contributed by atoms with Crippen LogP contribution in [0.1, 0.15) is 51.2 Å². The molecule has 0 radical (unpaired) electrons. The van der Waals surface area contributed by atoms with Gasteiger partial charge in [-0.25, -0.2) is 0 Å². The minimum absolute atomic E-state index is 0.109. The predicted molar refractivity (Wildman–Crippen MR) is 124 cm³/mol. The molecule has 2 rings (SSSR count). The molecule has 0 aliphatic rings. The van der Waals surface area contributed by atoms with E-state index >= 15 is 0 Å². The molecule has 0 aliphatic carbocycles. The summed E-state index contributed by atoms with van der Waals surface area (Å²) in [6, 6.07) is 15.8. The van der Waals surface area contributed by atoms with Crippen LogP contribution in [0, 0.1) is 10.1 Å². The molecule has 154 valence electrons. The molecule has 0 unspecified atom stereocenters. The Morgan fingerprint density at radius 1 is 0.931 bits per heavy atom. The number of nitrogens with zero attached hydrogens (tertiary/aromatic N) is 1. The molecule has 2 aromatic rings. The van der Waals surface area contributed by atoms with Gasteiger partial charge in [-0.3, -0.25) is 0 Å². The van der Waals surface area contributed by atoms with E-state index in [0.717, 1.165) is 41.9 Å². The van der Waals surface area contributed by atoms with Crippen LogP contribution in [0.15, 0.2) is 71.8 Å². The quantitative estimate of drug-likeness (QED) is 0.175. The van der Waals surface area contributed by atoms with Crippen LogP contribution in [0.4, 0.5) is 5.69 Å². The van der Waals surface area contributed by atoms with Crippen LogP contribution < -0.4 is 4.46 Å². The van der Waals surface area contributed by atoms with E-state index < -0.39 is 0 Å². The van der Waals surface area contributed by atoms with Gasteiger partial charge in [0.05, 0.1) is 0 Å². The summed E-state index contributed by atoms with van der Waals surface area (Å²) in [6.45, 7) is 6.51. The third-order valence-corrected chi connectivity index (χ3v) is 7.04. The first kappa shape index (κ1) is 23.1. The van der Waals surface area contributed by atoms with E-state index in [1.165, 1.54) is 22.3 Å². The molecule has 0 atom stereocenters. The van der Waals surface area contributed by atoms with Crippen molar-refractivity contribution >= 4 is 25.1 Å². The fourth-order valence-corrected chi connectivity index (χ4v) is 5.32. The average Bonchev–Trinajstić information content (AvgIpc) is 2.69. The zero-order valence-corrected chi connectivity index (χ0v) is 19.4. The minimum atomic E-state index is -0.267. The summed E-state index contributed by atoms with van der Waals surface area (Å²) in [4.78, 5) is 10.9. The van der Waals surface area contributed by atoms with Crippen molar-refractivity contribution in [2.45, 2.75) is 58.2 Å². The van der Waals surface area contributed by atoms with Gasteiger partial charge in [-0.15, -0.1) is 0 Å². The van der Waals surface area contributed by atoms with Gasteiger partial charge in [0, 0.05) is 0 Å². The van der Waals surface area contributed by atoms with Crippen LogP contribution in [0.2, 0.25) is 5.32 Å². The van der Waals surface area contributed by atoms with Crippen LogP contribution in [0.3, 0.4) is 0 Å². The SMILES string of the molecule is CC(C)=CCC/C(C)=C/CCc1ccccc1CC[Se]c1ccccc1[N+](=O)[O-]. The van der Waals surface area contributed by atoms with Gasteiger partial charge in [0.1, 0.15) is 0 Å². The Hall–Kier alpha value is -2.16. The van der Waals surface area contributed by atoms with Gasteiger partial charge >= 0.3 is 167 Å². The number of benzene rings is 2. The third kappa shape index (κ3) is 8.39. The van der Waals surface area contributed by atoms with Crippen LogP contribution >= 0.6 is 0 Å². The molecule has 0 saturated carbocycles. The number of hydrogen-bond donors (Lipinski definition) is 0. The van der Waals surface area contributed by atoms with Crippen LogP contribution in [0.5, 0.6) is 0 Å². The second-order valence-corrected chi connectivity index (χ2v) is 9.89. The van der Waals surface area contributed by atoms with Gasteiger partial charge in [0.2, 0.25) is 0 Å².